The van der Waals surface area contributed by atoms with Gasteiger partial charge in [0, 0.05) is 17.4 Å². The predicted molar refractivity (Wildman–Crippen MR) is 58.0 cm³/mol. The van der Waals surface area contributed by atoms with E-state index in [0.29, 0.717) is 0 Å². The second-order valence-corrected chi connectivity index (χ2v) is 4.22. The van der Waals surface area contributed by atoms with Crippen LogP contribution in [-0.4, -0.2) is 17.5 Å². The van der Waals surface area contributed by atoms with Gasteiger partial charge in [-0.05, 0) is 30.4 Å². The Morgan fingerprint density at radius 2 is 2.31 bits per heavy atom. The third-order valence-electron chi connectivity index (χ3n) is 1.86. The zero-order chi connectivity index (χ0) is 9.68. The third kappa shape index (κ3) is 3.05. The SMILES string of the molecule is [CH2]C(CO)c1cccc(SCC)c1. The summed E-state index contributed by atoms with van der Waals surface area (Å²) >= 11 is 1.81. The molecule has 0 saturated carbocycles. The summed E-state index contributed by atoms with van der Waals surface area (Å²) in [4.78, 5) is 1.25. The van der Waals surface area contributed by atoms with Crippen LogP contribution in [0.3, 0.4) is 0 Å². The Labute approximate surface area is 84.2 Å². The van der Waals surface area contributed by atoms with Crippen molar-refractivity contribution in [3.8, 4) is 0 Å². The van der Waals surface area contributed by atoms with Crippen molar-refractivity contribution >= 4 is 11.8 Å². The van der Waals surface area contributed by atoms with E-state index >= 15 is 0 Å². The molecule has 1 N–H and O–H groups in total. The molecule has 1 radical (unpaired) electrons. The van der Waals surface area contributed by atoms with Crippen molar-refractivity contribution in [3.63, 3.8) is 0 Å². The summed E-state index contributed by atoms with van der Waals surface area (Å²) in [5, 5.41) is 8.94. The van der Waals surface area contributed by atoms with E-state index in [-0.39, 0.29) is 12.5 Å². The first-order valence-electron chi connectivity index (χ1n) is 4.44. The van der Waals surface area contributed by atoms with Crippen molar-refractivity contribution in [1.82, 2.24) is 0 Å². The Morgan fingerprint density at radius 3 is 2.92 bits per heavy atom. The monoisotopic (exact) mass is 195 g/mol. The predicted octanol–water partition coefficient (Wildman–Crippen LogP) is 2.71. The van der Waals surface area contributed by atoms with E-state index < -0.39 is 0 Å². The van der Waals surface area contributed by atoms with Crippen LogP contribution < -0.4 is 0 Å². The number of hydrogen-bond donors (Lipinski definition) is 1. The zero-order valence-corrected chi connectivity index (χ0v) is 8.68. The Kier molecular flexibility index (Phi) is 4.33. The van der Waals surface area contributed by atoms with Gasteiger partial charge < -0.3 is 5.11 Å². The van der Waals surface area contributed by atoms with E-state index in [9.17, 15) is 0 Å². The Balaban J connectivity index is 2.78. The molecule has 0 aliphatic carbocycles. The summed E-state index contributed by atoms with van der Waals surface area (Å²) < 4.78 is 0. The van der Waals surface area contributed by atoms with E-state index in [0.717, 1.165) is 11.3 Å². The molecule has 71 valence electrons. The smallest absolute Gasteiger partial charge is 0.0499 e. The molecule has 0 aromatic heterocycles. The molecular formula is C11H15OS. The molecule has 0 fully saturated rings. The highest BCUT2D eigenvalue weighted by molar-refractivity contribution is 7.99. The first-order valence-corrected chi connectivity index (χ1v) is 5.43. The molecule has 0 spiro atoms. The van der Waals surface area contributed by atoms with Gasteiger partial charge in [-0.2, -0.15) is 0 Å². The highest BCUT2D eigenvalue weighted by Crippen LogP contribution is 2.22. The summed E-state index contributed by atoms with van der Waals surface area (Å²) in [6, 6.07) is 8.21. The first-order chi connectivity index (χ1) is 6.27. The van der Waals surface area contributed by atoms with Crippen LogP contribution in [0.15, 0.2) is 29.2 Å². The van der Waals surface area contributed by atoms with Crippen LogP contribution in [0.4, 0.5) is 0 Å². The van der Waals surface area contributed by atoms with Gasteiger partial charge in [0.05, 0.1) is 0 Å². The maximum Gasteiger partial charge on any atom is 0.0499 e. The van der Waals surface area contributed by atoms with Gasteiger partial charge in [0.15, 0.2) is 0 Å². The fourth-order valence-corrected chi connectivity index (χ4v) is 1.86. The third-order valence-corrected chi connectivity index (χ3v) is 2.74. The lowest BCUT2D eigenvalue weighted by Gasteiger charge is -2.09. The van der Waals surface area contributed by atoms with Crippen LogP contribution in [0.1, 0.15) is 18.4 Å². The Bertz CT molecular complexity index is 260. The van der Waals surface area contributed by atoms with Crippen LogP contribution >= 0.6 is 11.8 Å². The zero-order valence-electron chi connectivity index (χ0n) is 7.86. The van der Waals surface area contributed by atoms with E-state index in [1.807, 2.05) is 23.9 Å². The second-order valence-electron chi connectivity index (χ2n) is 2.89. The van der Waals surface area contributed by atoms with Crippen molar-refractivity contribution in [3.05, 3.63) is 36.8 Å². The highest BCUT2D eigenvalue weighted by Gasteiger charge is 2.03. The van der Waals surface area contributed by atoms with Crippen LogP contribution in [0, 0.1) is 6.92 Å². The normalized spacial score (nSPS) is 12.8. The maximum absolute atomic E-state index is 8.94. The van der Waals surface area contributed by atoms with E-state index in [2.05, 4.69) is 26.0 Å². The van der Waals surface area contributed by atoms with Crippen molar-refractivity contribution in [2.75, 3.05) is 12.4 Å². The summed E-state index contributed by atoms with van der Waals surface area (Å²) in [5.41, 5.74) is 1.11. The molecule has 1 nitrogen and oxygen atoms in total. The molecule has 0 bridgehead atoms. The van der Waals surface area contributed by atoms with Gasteiger partial charge in [-0.1, -0.05) is 19.1 Å². The molecule has 1 rings (SSSR count). The molecule has 0 aliphatic heterocycles. The van der Waals surface area contributed by atoms with Crippen molar-refractivity contribution in [2.24, 2.45) is 0 Å². The number of benzene rings is 1. The number of aliphatic hydroxyl groups is 1. The van der Waals surface area contributed by atoms with E-state index in [1.54, 1.807) is 0 Å². The van der Waals surface area contributed by atoms with Crippen LogP contribution in [0.25, 0.3) is 0 Å². The average Bonchev–Trinajstić information content (AvgIpc) is 2.18. The molecular weight excluding hydrogens is 180 g/mol. The van der Waals surface area contributed by atoms with Gasteiger partial charge in [-0.25, -0.2) is 0 Å². The first kappa shape index (κ1) is 10.6. The molecule has 0 saturated heterocycles. The van der Waals surface area contributed by atoms with Gasteiger partial charge in [-0.3, -0.25) is 0 Å². The lowest BCUT2D eigenvalue weighted by atomic mass is 10.0. The standard InChI is InChI=1S/C11H15OS/c1-3-13-11-6-4-5-10(7-11)9(2)8-12/h4-7,9,12H,2-3,8H2,1H3. The van der Waals surface area contributed by atoms with Gasteiger partial charge >= 0.3 is 0 Å². The van der Waals surface area contributed by atoms with Gasteiger partial charge in [0.2, 0.25) is 0 Å². The summed E-state index contributed by atoms with van der Waals surface area (Å²) in [5.74, 6) is 1.07. The quantitative estimate of drug-likeness (QED) is 0.745. The summed E-state index contributed by atoms with van der Waals surface area (Å²) in [6.45, 7) is 6.11. The average molecular weight is 195 g/mol. The van der Waals surface area contributed by atoms with Crippen molar-refractivity contribution in [1.29, 1.82) is 0 Å². The molecule has 1 aromatic carbocycles. The largest absolute Gasteiger partial charge is 0.396 e. The molecule has 1 atom stereocenters. The fourth-order valence-electron chi connectivity index (χ4n) is 1.13. The minimum atomic E-state index is -0.00240. The minimum absolute atomic E-state index is 0.00240. The summed E-state index contributed by atoms with van der Waals surface area (Å²) in [6.07, 6.45) is 0. The van der Waals surface area contributed by atoms with Gasteiger partial charge in [0.1, 0.15) is 0 Å². The van der Waals surface area contributed by atoms with Gasteiger partial charge in [-0.15, -0.1) is 11.8 Å². The van der Waals surface area contributed by atoms with Gasteiger partial charge in [0.25, 0.3) is 0 Å². The Hall–Kier alpha value is -0.470. The maximum atomic E-state index is 8.94. The lowest BCUT2D eigenvalue weighted by Crippen LogP contribution is -1.98. The fraction of sp³-hybridized carbons (Fsp3) is 0.364. The molecule has 2 heteroatoms. The van der Waals surface area contributed by atoms with E-state index in [4.69, 9.17) is 5.11 Å². The number of aliphatic hydroxyl groups excluding tert-OH is 1. The summed E-state index contributed by atoms with van der Waals surface area (Å²) in [7, 11) is 0. The van der Waals surface area contributed by atoms with E-state index in [1.165, 1.54) is 4.90 Å². The molecule has 0 aliphatic rings. The van der Waals surface area contributed by atoms with Crippen LogP contribution in [0.2, 0.25) is 0 Å². The lowest BCUT2D eigenvalue weighted by molar-refractivity contribution is 0.282. The molecule has 0 amide bonds. The number of hydrogen-bond acceptors (Lipinski definition) is 2. The number of rotatable bonds is 4. The topological polar surface area (TPSA) is 20.2 Å². The molecule has 13 heavy (non-hydrogen) atoms. The number of thioether (sulfide) groups is 1. The van der Waals surface area contributed by atoms with Crippen LogP contribution in [-0.2, 0) is 0 Å². The molecule has 0 heterocycles. The van der Waals surface area contributed by atoms with Crippen molar-refractivity contribution in [2.45, 2.75) is 17.7 Å². The second kappa shape index (κ2) is 5.30. The molecule has 1 unspecified atom stereocenters. The molecule has 1 aromatic rings. The minimum Gasteiger partial charge on any atom is -0.396 e. The Morgan fingerprint density at radius 1 is 1.54 bits per heavy atom. The highest BCUT2D eigenvalue weighted by atomic mass is 32.2. The van der Waals surface area contributed by atoms with Crippen LogP contribution in [0.5, 0.6) is 0 Å². The van der Waals surface area contributed by atoms with Crippen molar-refractivity contribution < 1.29 is 5.11 Å².